The first-order valence-corrected chi connectivity index (χ1v) is 6.64. The van der Waals surface area contributed by atoms with Gasteiger partial charge in [0.1, 0.15) is 0 Å². The first-order chi connectivity index (χ1) is 7.90. The predicted octanol–water partition coefficient (Wildman–Crippen LogP) is 0.832. The van der Waals surface area contributed by atoms with Crippen molar-refractivity contribution < 1.29 is 8.42 Å². The molecule has 1 aromatic heterocycles. The van der Waals surface area contributed by atoms with Gasteiger partial charge in [-0.2, -0.15) is 5.10 Å². The van der Waals surface area contributed by atoms with E-state index >= 15 is 0 Å². The highest BCUT2D eigenvalue weighted by Gasteiger charge is 2.16. The lowest BCUT2D eigenvalue weighted by molar-refractivity contribution is 0.570. The predicted molar refractivity (Wildman–Crippen MR) is 66.0 cm³/mol. The maximum Gasteiger partial charge on any atom is 0.240 e. The van der Waals surface area contributed by atoms with E-state index in [-0.39, 0.29) is 10.9 Å². The number of rotatable bonds is 3. The number of sulfonamides is 1. The van der Waals surface area contributed by atoms with Crippen molar-refractivity contribution in [2.45, 2.75) is 24.8 Å². The Kier molecular flexibility index (Phi) is 2.80. The highest BCUT2D eigenvalue weighted by Crippen LogP contribution is 2.21. The molecule has 0 saturated heterocycles. The summed E-state index contributed by atoms with van der Waals surface area (Å²) in [5.41, 5.74) is 6.35. The second-order valence-electron chi connectivity index (χ2n) is 4.09. The summed E-state index contributed by atoms with van der Waals surface area (Å²) in [4.78, 5) is 0.187. The van der Waals surface area contributed by atoms with Crippen LogP contribution in [0, 0.1) is 0 Å². The summed E-state index contributed by atoms with van der Waals surface area (Å²) < 4.78 is 26.4. The van der Waals surface area contributed by atoms with E-state index in [1.54, 1.807) is 19.9 Å². The normalized spacial score (nSPS) is 12.4. The van der Waals surface area contributed by atoms with Crippen LogP contribution in [0.15, 0.2) is 23.1 Å². The molecule has 0 spiro atoms. The van der Waals surface area contributed by atoms with Crippen LogP contribution in [0.5, 0.6) is 0 Å². The number of fused-ring (bicyclic) bond motifs is 1. The molecule has 0 aliphatic heterocycles. The molecule has 0 bridgehead atoms. The zero-order valence-electron chi connectivity index (χ0n) is 9.56. The van der Waals surface area contributed by atoms with Crippen molar-refractivity contribution in [1.29, 1.82) is 0 Å². The summed E-state index contributed by atoms with van der Waals surface area (Å²) in [6.07, 6.45) is 0. The van der Waals surface area contributed by atoms with Gasteiger partial charge in [0.25, 0.3) is 0 Å². The van der Waals surface area contributed by atoms with Crippen LogP contribution in [0.25, 0.3) is 10.9 Å². The van der Waals surface area contributed by atoms with Crippen molar-refractivity contribution in [2.24, 2.45) is 0 Å². The lowest BCUT2D eigenvalue weighted by Crippen LogP contribution is -2.30. The fourth-order valence-electron chi connectivity index (χ4n) is 1.56. The van der Waals surface area contributed by atoms with E-state index in [0.717, 1.165) is 0 Å². The largest absolute Gasteiger partial charge is 0.382 e. The van der Waals surface area contributed by atoms with Crippen molar-refractivity contribution in [1.82, 2.24) is 14.9 Å². The number of H-pyrrole nitrogens is 1. The van der Waals surface area contributed by atoms with E-state index in [9.17, 15) is 8.42 Å². The highest BCUT2D eigenvalue weighted by atomic mass is 32.2. The Morgan fingerprint density at radius 1 is 1.41 bits per heavy atom. The molecule has 0 amide bonds. The SMILES string of the molecule is CC(C)NS(=O)(=O)c1ccc2[nH]nc(N)c2c1. The molecule has 0 saturated carbocycles. The number of nitrogen functional groups attached to an aromatic ring is 1. The summed E-state index contributed by atoms with van der Waals surface area (Å²) in [6.45, 7) is 3.53. The molecular weight excluding hydrogens is 240 g/mol. The van der Waals surface area contributed by atoms with Crippen molar-refractivity contribution >= 4 is 26.7 Å². The summed E-state index contributed by atoms with van der Waals surface area (Å²) in [5.74, 6) is 0.293. The Morgan fingerprint density at radius 3 is 2.76 bits per heavy atom. The van der Waals surface area contributed by atoms with Gasteiger partial charge in [0.15, 0.2) is 5.82 Å². The third-order valence-electron chi connectivity index (χ3n) is 2.26. The summed E-state index contributed by atoms with van der Waals surface area (Å²) >= 11 is 0. The van der Waals surface area contributed by atoms with Crippen LogP contribution in [0.2, 0.25) is 0 Å². The molecule has 0 radical (unpaired) electrons. The zero-order chi connectivity index (χ0) is 12.6. The van der Waals surface area contributed by atoms with Gasteiger partial charge in [-0.3, -0.25) is 5.10 Å². The van der Waals surface area contributed by atoms with E-state index in [4.69, 9.17) is 5.73 Å². The van der Waals surface area contributed by atoms with E-state index in [2.05, 4.69) is 14.9 Å². The van der Waals surface area contributed by atoms with E-state index in [0.29, 0.717) is 16.7 Å². The molecule has 7 heteroatoms. The first-order valence-electron chi connectivity index (χ1n) is 5.16. The van der Waals surface area contributed by atoms with E-state index in [1.807, 2.05) is 0 Å². The third kappa shape index (κ3) is 2.25. The number of hydrogen-bond donors (Lipinski definition) is 3. The number of nitrogens with zero attached hydrogens (tertiary/aromatic N) is 1. The van der Waals surface area contributed by atoms with Crippen LogP contribution < -0.4 is 10.5 Å². The average Bonchev–Trinajstić information content (AvgIpc) is 2.58. The topological polar surface area (TPSA) is 101 Å². The van der Waals surface area contributed by atoms with Crippen molar-refractivity contribution in [3.8, 4) is 0 Å². The minimum Gasteiger partial charge on any atom is -0.382 e. The molecule has 4 N–H and O–H groups in total. The molecule has 0 aliphatic rings. The highest BCUT2D eigenvalue weighted by molar-refractivity contribution is 7.89. The lowest BCUT2D eigenvalue weighted by Gasteiger charge is -2.09. The van der Waals surface area contributed by atoms with Gasteiger partial charge in [0, 0.05) is 11.4 Å². The monoisotopic (exact) mass is 254 g/mol. The molecule has 6 nitrogen and oxygen atoms in total. The summed E-state index contributed by atoms with van der Waals surface area (Å²) in [6, 6.07) is 4.52. The van der Waals surface area contributed by atoms with Crippen molar-refractivity contribution in [3.05, 3.63) is 18.2 Å². The van der Waals surface area contributed by atoms with Crippen LogP contribution >= 0.6 is 0 Å². The Hall–Kier alpha value is -1.60. The van der Waals surface area contributed by atoms with Gasteiger partial charge in [0.2, 0.25) is 10.0 Å². The Bertz CT molecular complexity index is 645. The number of hydrogen-bond acceptors (Lipinski definition) is 4. The summed E-state index contributed by atoms with van der Waals surface area (Å²) in [5, 5.41) is 7.14. The van der Waals surface area contributed by atoms with Gasteiger partial charge >= 0.3 is 0 Å². The van der Waals surface area contributed by atoms with Crippen LogP contribution in [0.1, 0.15) is 13.8 Å². The lowest BCUT2D eigenvalue weighted by atomic mass is 10.2. The van der Waals surface area contributed by atoms with Gasteiger partial charge < -0.3 is 5.73 Å². The van der Waals surface area contributed by atoms with Gasteiger partial charge in [-0.15, -0.1) is 0 Å². The third-order valence-corrected chi connectivity index (χ3v) is 3.92. The average molecular weight is 254 g/mol. The molecule has 0 unspecified atom stereocenters. The fraction of sp³-hybridized carbons (Fsp3) is 0.300. The van der Waals surface area contributed by atoms with Gasteiger partial charge in [-0.05, 0) is 32.0 Å². The molecule has 0 fully saturated rings. The maximum absolute atomic E-state index is 11.9. The molecular formula is C10H14N4O2S. The molecule has 2 rings (SSSR count). The second kappa shape index (κ2) is 4.01. The molecule has 2 aromatic rings. The fourth-order valence-corrected chi connectivity index (χ4v) is 2.84. The van der Waals surface area contributed by atoms with Crippen LogP contribution in [0.4, 0.5) is 5.82 Å². The second-order valence-corrected chi connectivity index (χ2v) is 5.81. The minimum absolute atomic E-state index is 0.155. The van der Waals surface area contributed by atoms with E-state index in [1.165, 1.54) is 12.1 Å². The zero-order valence-corrected chi connectivity index (χ0v) is 10.4. The van der Waals surface area contributed by atoms with Gasteiger partial charge in [-0.25, -0.2) is 13.1 Å². The molecule has 0 atom stereocenters. The molecule has 92 valence electrons. The maximum atomic E-state index is 11.9. The van der Waals surface area contributed by atoms with Crippen LogP contribution in [0.3, 0.4) is 0 Å². The van der Waals surface area contributed by atoms with Crippen LogP contribution in [-0.2, 0) is 10.0 Å². The molecule has 0 aliphatic carbocycles. The van der Waals surface area contributed by atoms with Gasteiger partial charge in [-0.1, -0.05) is 0 Å². The van der Waals surface area contributed by atoms with E-state index < -0.39 is 10.0 Å². The first kappa shape index (κ1) is 11.9. The summed E-state index contributed by atoms with van der Waals surface area (Å²) in [7, 11) is -3.49. The molecule has 1 heterocycles. The Labute approximate surface area is 99.3 Å². The molecule has 1 aromatic carbocycles. The smallest absolute Gasteiger partial charge is 0.240 e. The number of anilines is 1. The Morgan fingerprint density at radius 2 is 2.12 bits per heavy atom. The van der Waals surface area contributed by atoms with Crippen molar-refractivity contribution in [2.75, 3.05) is 5.73 Å². The standard InChI is InChI=1S/C10H14N4O2S/c1-6(2)14-17(15,16)7-3-4-9-8(5-7)10(11)13-12-9/h3-6,14H,1-2H3,(H3,11,12,13). The minimum atomic E-state index is -3.49. The molecule has 17 heavy (non-hydrogen) atoms. The Balaban J connectivity index is 2.52. The van der Waals surface area contributed by atoms with Crippen LogP contribution in [-0.4, -0.2) is 24.7 Å². The quantitative estimate of drug-likeness (QED) is 0.755. The number of aromatic nitrogens is 2. The number of aromatic amines is 1. The van der Waals surface area contributed by atoms with Gasteiger partial charge in [0.05, 0.1) is 10.4 Å². The van der Waals surface area contributed by atoms with Crippen molar-refractivity contribution in [3.63, 3.8) is 0 Å². The number of nitrogens with one attached hydrogen (secondary N) is 2. The number of nitrogens with two attached hydrogens (primary N) is 1. The number of benzene rings is 1.